The molecular weight excluding hydrogens is 224 g/mol. The first-order valence-electron chi connectivity index (χ1n) is 6.47. The summed E-state index contributed by atoms with van der Waals surface area (Å²) >= 11 is 0. The largest absolute Gasteiger partial charge is 0.385 e. The van der Waals surface area contributed by atoms with Crippen LogP contribution in [-0.2, 0) is 11.3 Å². The molecule has 0 aromatic heterocycles. The van der Waals surface area contributed by atoms with Gasteiger partial charge in [-0.15, -0.1) is 0 Å². The number of benzene rings is 1. The summed E-state index contributed by atoms with van der Waals surface area (Å²) in [6.07, 6.45) is 0.947. The van der Waals surface area contributed by atoms with Crippen molar-refractivity contribution in [2.45, 2.75) is 32.4 Å². The van der Waals surface area contributed by atoms with Gasteiger partial charge >= 0.3 is 0 Å². The Morgan fingerprint density at radius 2 is 1.89 bits per heavy atom. The van der Waals surface area contributed by atoms with Gasteiger partial charge in [-0.3, -0.25) is 4.90 Å². The number of ether oxygens (including phenoxy) is 1. The Labute approximate surface area is 111 Å². The molecule has 0 heterocycles. The SMILES string of the molecule is COCCC(C)(CN)N(C)Cc1ccc(C)cc1. The molecule has 0 aliphatic rings. The summed E-state index contributed by atoms with van der Waals surface area (Å²) in [5.41, 5.74) is 8.53. The van der Waals surface area contributed by atoms with E-state index < -0.39 is 0 Å². The van der Waals surface area contributed by atoms with Crippen LogP contribution in [0.2, 0.25) is 0 Å². The predicted molar refractivity (Wildman–Crippen MR) is 76.6 cm³/mol. The van der Waals surface area contributed by atoms with Crippen molar-refractivity contribution in [3.8, 4) is 0 Å². The van der Waals surface area contributed by atoms with Gasteiger partial charge in [-0.1, -0.05) is 29.8 Å². The third-order valence-electron chi connectivity index (χ3n) is 3.75. The smallest absolute Gasteiger partial charge is 0.0480 e. The summed E-state index contributed by atoms with van der Waals surface area (Å²) in [4.78, 5) is 2.32. The molecule has 102 valence electrons. The van der Waals surface area contributed by atoms with Crippen molar-refractivity contribution in [2.75, 3.05) is 27.3 Å². The van der Waals surface area contributed by atoms with E-state index in [1.54, 1.807) is 7.11 Å². The Bertz CT molecular complexity index is 350. The fraction of sp³-hybridized carbons (Fsp3) is 0.600. The third-order valence-corrected chi connectivity index (χ3v) is 3.75. The van der Waals surface area contributed by atoms with E-state index in [4.69, 9.17) is 10.5 Å². The lowest BCUT2D eigenvalue weighted by Crippen LogP contribution is -2.49. The van der Waals surface area contributed by atoms with Gasteiger partial charge in [0, 0.05) is 32.3 Å². The van der Waals surface area contributed by atoms with Crippen LogP contribution in [-0.4, -0.2) is 37.7 Å². The molecule has 0 saturated heterocycles. The third kappa shape index (κ3) is 4.09. The minimum Gasteiger partial charge on any atom is -0.385 e. The molecular formula is C15H26N2O. The highest BCUT2D eigenvalue weighted by Crippen LogP contribution is 2.19. The van der Waals surface area contributed by atoms with Gasteiger partial charge in [0.1, 0.15) is 0 Å². The number of methoxy groups -OCH3 is 1. The average Bonchev–Trinajstić information content (AvgIpc) is 2.38. The number of hydrogen-bond acceptors (Lipinski definition) is 3. The molecule has 3 nitrogen and oxygen atoms in total. The molecule has 2 N–H and O–H groups in total. The number of aryl methyl sites for hydroxylation is 1. The van der Waals surface area contributed by atoms with Crippen molar-refractivity contribution in [1.82, 2.24) is 4.90 Å². The van der Waals surface area contributed by atoms with Crippen LogP contribution < -0.4 is 5.73 Å². The predicted octanol–water partition coefficient (Wildman–Crippen LogP) is 2.18. The Hall–Kier alpha value is -0.900. The molecule has 0 amide bonds. The van der Waals surface area contributed by atoms with Gasteiger partial charge < -0.3 is 10.5 Å². The standard InChI is InChI=1S/C15H26N2O/c1-13-5-7-14(8-6-13)11-17(3)15(2,12-16)9-10-18-4/h5-8H,9-12,16H2,1-4H3. The monoisotopic (exact) mass is 250 g/mol. The van der Waals surface area contributed by atoms with Crippen LogP contribution in [0.4, 0.5) is 0 Å². The minimum atomic E-state index is -0.0130. The number of nitrogens with two attached hydrogens (primary N) is 1. The lowest BCUT2D eigenvalue weighted by Gasteiger charge is -2.38. The molecule has 18 heavy (non-hydrogen) atoms. The number of likely N-dealkylation sites (N-methyl/N-ethyl adjacent to an activating group) is 1. The lowest BCUT2D eigenvalue weighted by molar-refractivity contribution is 0.0839. The number of rotatable bonds is 7. The summed E-state index contributed by atoms with van der Waals surface area (Å²) in [7, 11) is 3.86. The van der Waals surface area contributed by atoms with E-state index in [9.17, 15) is 0 Å². The van der Waals surface area contributed by atoms with E-state index in [2.05, 4.69) is 50.1 Å². The van der Waals surface area contributed by atoms with Crippen LogP contribution in [0, 0.1) is 6.92 Å². The molecule has 1 rings (SSSR count). The zero-order valence-corrected chi connectivity index (χ0v) is 12.1. The van der Waals surface area contributed by atoms with Crippen LogP contribution in [0.1, 0.15) is 24.5 Å². The minimum absolute atomic E-state index is 0.0130. The van der Waals surface area contributed by atoms with Gasteiger partial charge in [0.25, 0.3) is 0 Å². The first-order chi connectivity index (χ1) is 8.51. The van der Waals surface area contributed by atoms with Gasteiger partial charge in [0.2, 0.25) is 0 Å². The number of hydrogen-bond donors (Lipinski definition) is 1. The molecule has 0 aliphatic carbocycles. The van der Waals surface area contributed by atoms with Crippen molar-refractivity contribution in [2.24, 2.45) is 5.73 Å². The quantitative estimate of drug-likeness (QED) is 0.806. The van der Waals surface area contributed by atoms with Crippen molar-refractivity contribution in [3.63, 3.8) is 0 Å². The molecule has 3 heteroatoms. The van der Waals surface area contributed by atoms with Crippen molar-refractivity contribution in [1.29, 1.82) is 0 Å². The molecule has 1 aromatic carbocycles. The average molecular weight is 250 g/mol. The molecule has 0 saturated carbocycles. The zero-order valence-electron chi connectivity index (χ0n) is 12.1. The van der Waals surface area contributed by atoms with Crippen molar-refractivity contribution < 1.29 is 4.74 Å². The highest BCUT2D eigenvalue weighted by Gasteiger charge is 2.27. The summed E-state index contributed by atoms with van der Waals surface area (Å²) in [6, 6.07) is 8.66. The first kappa shape index (κ1) is 15.2. The Morgan fingerprint density at radius 3 is 2.39 bits per heavy atom. The molecule has 0 bridgehead atoms. The van der Waals surface area contributed by atoms with E-state index >= 15 is 0 Å². The van der Waals surface area contributed by atoms with E-state index in [1.807, 2.05) is 0 Å². The summed E-state index contributed by atoms with van der Waals surface area (Å²) < 4.78 is 5.17. The van der Waals surface area contributed by atoms with Crippen LogP contribution in [0.15, 0.2) is 24.3 Å². The Balaban J connectivity index is 2.66. The van der Waals surface area contributed by atoms with E-state index in [-0.39, 0.29) is 5.54 Å². The van der Waals surface area contributed by atoms with Crippen LogP contribution in [0.3, 0.4) is 0 Å². The maximum atomic E-state index is 5.93. The lowest BCUT2D eigenvalue weighted by atomic mass is 9.95. The molecule has 0 radical (unpaired) electrons. The summed E-state index contributed by atoms with van der Waals surface area (Å²) in [5.74, 6) is 0. The van der Waals surface area contributed by atoms with Gasteiger partial charge in [0.15, 0.2) is 0 Å². The molecule has 1 aromatic rings. The fourth-order valence-electron chi connectivity index (χ4n) is 1.93. The molecule has 0 fully saturated rings. The normalized spacial score (nSPS) is 14.8. The molecule has 0 spiro atoms. The molecule has 0 aliphatic heterocycles. The first-order valence-corrected chi connectivity index (χ1v) is 6.47. The highest BCUT2D eigenvalue weighted by atomic mass is 16.5. The van der Waals surface area contributed by atoms with E-state index in [0.717, 1.165) is 19.6 Å². The summed E-state index contributed by atoms with van der Waals surface area (Å²) in [6.45, 7) is 6.60. The van der Waals surface area contributed by atoms with Crippen molar-refractivity contribution >= 4 is 0 Å². The van der Waals surface area contributed by atoms with Gasteiger partial charge in [-0.05, 0) is 32.9 Å². The maximum absolute atomic E-state index is 5.93. The summed E-state index contributed by atoms with van der Waals surface area (Å²) in [5, 5.41) is 0. The topological polar surface area (TPSA) is 38.5 Å². The van der Waals surface area contributed by atoms with Gasteiger partial charge in [-0.2, -0.15) is 0 Å². The van der Waals surface area contributed by atoms with Crippen LogP contribution in [0.5, 0.6) is 0 Å². The van der Waals surface area contributed by atoms with Crippen LogP contribution in [0.25, 0.3) is 0 Å². The molecule has 1 atom stereocenters. The second-order valence-electron chi connectivity index (χ2n) is 5.29. The second-order valence-corrected chi connectivity index (χ2v) is 5.29. The maximum Gasteiger partial charge on any atom is 0.0480 e. The highest BCUT2D eigenvalue weighted by molar-refractivity contribution is 5.21. The second kappa shape index (κ2) is 6.88. The van der Waals surface area contributed by atoms with E-state index in [0.29, 0.717) is 6.54 Å². The number of nitrogens with zero attached hydrogens (tertiary/aromatic N) is 1. The van der Waals surface area contributed by atoms with Crippen LogP contribution >= 0.6 is 0 Å². The zero-order chi connectivity index (χ0) is 13.6. The van der Waals surface area contributed by atoms with Crippen molar-refractivity contribution in [3.05, 3.63) is 35.4 Å². The Kier molecular flexibility index (Phi) is 5.79. The van der Waals surface area contributed by atoms with Gasteiger partial charge in [0.05, 0.1) is 0 Å². The Morgan fingerprint density at radius 1 is 1.28 bits per heavy atom. The molecule has 1 unspecified atom stereocenters. The van der Waals surface area contributed by atoms with Gasteiger partial charge in [-0.25, -0.2) is 0 Å². The fourth-order valence-corrected chi connectivity index (χ4v) is 1.93. The van der Waals surface area contributed by atoms with E-state index in [1.165, 1.54) is 11.1 Å².